The second-order valence-electron chi connectivity index (χ2n) is 7.51. The van der Waals surface area contributed by atoms with Crippen LogP contribution in [0.1, 0.15) is 103 Å². The van der Waals surface area contributed by atoms with Crippen LogP contribution < -0.4 is 0 Å². The lowest BCUT2D eigenvalue weighted by Gasteiger charge is -2.21. The van der Waals surface area contributed by atoms with Crippen molar-refractivity contribution in [1.82, 2.24) is 0 Å². The normalized spacial score (nSPS) is 30.0. The van der Waals surface area contributed by atoms with Crippen LogP contribution in [-0.4, -0.2) is 12.3 Å². The van der Waals surface area contributed by atoms with E-state index in [-0.39, 0.29) is 0 Å². The highest BCUT2D eigenvalue weighted by Crippen LogP contribution is 2.32. The van der Waals surface area contributed by atoms with Crippen molar-refractivity contribution in [3.05, 3.63) is 0 Å². The van der Waals surface area contributed by atoms with Crippen molar-refractivity contribution in [3.63, 3.8) is 0 Å². The molecular formula is C20H37N. The Kier molecular flexibility index (Phi) is 8.44. The van der Waals surface area contributed by atoms with Crippen molar-refractivity contribution in [2.45, 2.75) is 109 Å². The molecule has 0 aromatic carbocycles. The molecule has 2 atom stereocenters. The van der Waals surface area contributed by atoms with Gasteiger partial charge in [-0.25, -0.2) is 0 Å². The Morgan fingerprint density at radius 1 is 0.810 bits per heavy atom. The van der Waals surface area contributed by atoms with Crippen LogP contribution in [-0.2, 0) is 0 Å². The third kappa shape index (κ3) is 6.53. The minimum atomic E-state index is 0.663. The van der Waals surface area contributed by atoms with Crippen LogP contribution >= 0.6 is 0 Å². The monoisotopic (exact) mass is 291 g/mol. The molecule has 0 N–H and O–H groups in total. The average molecular weight is 292 g/mol. The SMILES string of the molecule is CCCCC1C=NC(C2CCCC2)CCCCCCCC1. The van der Waals surface area contributed by atoms with E-state index in [1.807, 2.05) is 0 Å². The molecule has 21 heavy (non-hydrogen) atoms. The van der Waals surface area contributed by atoms with Gasteiger partial charge in [0.25, 0.3) is 0 Å². The molecule has 1 aliphatic carbocycles. The molecule has 1 saturated carbocycles. The fraction of sp³-hybridized carbons (Fsp3) is 0.950. The fourth-order valence-corrected chi connectivity index (χ4v) is 4.23. The first-order valence-corrected chi connectivity index (χ1v) is 9.93. The Morgan fingerprint density at radius 3 is 2.14 bits per heavy atom. The lowest BCUT2D eigenvalue weighted by molar-refractivity contribution is 0.391. The van der Waals surface area contributed by atoms with E-state index in [1.54, 1.807) is 0 Å². The van der Waals surface area contributed by atoms with Gasteiger partial charge in [-0.05, 0) is 43.9 Å². The topological polar surface area (TPSA) is 12.4 Å². The summed E-state index contributed by atoms with van der Waals surface area (Å²) in [5.74, 6) is 1.68. The lowest BCUT2D eigenvalue weighted by Crippen LogP contribution is -2.17. The third-order valence-corrected chi connectivity index (χ3v) is 5.69. The predicted octanol–water partition coefficient (Wildman–Crippen LogP) is 6.56. The Labute approximate surface area is 133 Å². The van der Waals surface area contributed by atoms with E-state index < -0.39 is 0 Å². The molecular weight excluding hydrogens is 254 g/mol. The fourth-order valence-electron chi connectivity index (χ4n) is 4.23. The van der Waals surface area contributed by atoms with Crippen molar-refractivity contribution in [2.24, 2.45) is 16.8 Å². The van der Waals surface area contributed by atoms with Gasteiger partial charge in [0, 0.05) is 6.21 Å². The van der Waals surface area contributed by atoms with E-state index in [2.05, 4.69) is 13.1 Å². The number of aliphatic imine (C=N–C) groups is 1. The lowest BCUT2D eigenvalue weighted by atomic mass is 9.91. The van der Waals surface area contributed by atoms with Gasteiger partial charge in [-0.15, -0.1) is 0 Å². The van der Waals surface area contributed by atoms with Gasteiger partial charge in [-0.2, -0.15) is 0 Å². The highest BCUT2D eigenvalue weighted by molar-refractivity contribution is 5.60. The molecule has 0 bridgehead atoms. The highest BCUT2D eigenvalue weighted by atomic mass is 14.8. The average Bonchev–Trinajstić information content (AvgIpc) is 3.01. The molecule has 0 amide bonds. The zero-order valence-electron chi connectivity index (χ0n) is 14.4. The van der Waals surface area contributed by atoms with E-state index in [0.717, 1.165) is 11.8 Å². The quantitative estimate of drug-likeness (QED) is 0.556. The number of nitrogens with zero attached hydrogens (tertiary/aromatic N) is 1. The summed E-state index contributed by atoms with van der Waals surface area (Å²) in [7, 11) is 0. The van der Waals surface area contributed by atoms with Crippen LogP contribution in [0.2, 0.25) is 0 Å². The summed E-state index contributed by atoms with van der Waals surface area (Å²) < 4.78 is 0. The molecule has 2 rings (SSSR count). The smallest absolute Gasteiger partial charge is 0.0524 e. The van der Waals surface area contributed by atoms with Crippen LogP contribution in [0.5, 0.6) is 0 Å². The summed E-state index contributed by atoms with van der Waals surface area (Å²) in [6.45, 7) is 2.31. The maximum Gasteiger partial charge on any atom is 0.0524 e. The minimum absolute atomic E-state index is 0.663. The third-order valence-electron chi connectivity index (χ3n) is 5.69. The van der Waals surface area contributed by atoms with Crippen molar-refractivity contribution in [3.8, 4) is 0 Å². The maximum atomic E-state index is 5.15. The van der Waals surface area contributed by atoms with Crippen molar-refractivity contribution < 1.29 is 0 Å². The van der Waals surface area contributed by atoms with Gasteiger partial charge in [0.05, 0.1) is 6.04 Å². The number of unbranched alkanes of at least 4 members (excludes halogenated alkanes) is 1. The predicted molar refractivity (Wildman–Crippen MR) is 94.2 cm³/mol. The van der Waals surface area contributed by atoms with Crippen molar-refractivity contribution in [2.75, 3.05) is 0 Å². The van der Waals surface area contributed by atoms with Crippen LogP contribution in [0.4, 0.5) is 0 Å². The molecule has 2 unspecified atom stereocenters. The molecule has 1 nitrogen and oxygen atoms in total. The second-order valence-corrected chi connectivity index (χ2v) is 7.51. The van der Waals surface area contributed by atoms with E-state index in [1.165, 1.54) is 96.3 Å². The summed E-state index contributed by atoms with van der Waals surface area (Å²) in [6.07, 6.45) is 23.7. The van der Waals surface area contributed by atoms with E-state index >= 15 is 0 Å². The molecule has 1 fully saturated rings. The molecule has 0 aromatic heterocycles. The van der Waals surface area contributed by atoms with E-state index in [4.69, 9.17) is 4.99 Å². The number of hydrogen-bond donors (Lipinski definition) is 0. The second kappa shape index (κ2) is 10.4. The summed E-state index contributed by atoms with van der Waals surface area (Å²) in [5, 5.41) is 0. The van der Waals surface area contributed by atoms with Crippen molar-refractivity contribution in [1.29, 1.82) is 0 Å². The van der Waals surface area contributed by atoms with Crippen LogP contribution in [0, 0.1) is 11.8 Å². The Morgan fingerprint density at radius 2 is 1.43 bits per heavy atom. The Bertz CT molecular complexity index is 278. The Balaban J connectivity index is 1.94. The first-order valence-electron chi connectivity index (χ1n) is 9.93. The number of hydrogen-bond acceptors (Lipinski definition) is 1. The standard InChI is InChI=1S/C20H37N/c1-2-3-12-18-13-8-6-4-5-7-9-16-20(21-17-18)19-14-10-11-15-19/h17-20H,2-16H2,1H3. The summed E-state index contributed by atoms with van der Waals surface area (Å²) in [6, 6.07) is 0.663. The van der Waals surface area contributed by atoms with Gasteiger partial charge in [-0.3, -0.25) is 4.99 Å². The number of rotatable bonds is 4. The zero-order chi connectivity index (χ0) is 14.8. The Hall–Kier alpha value is -0.330. The summed E-state index contributed by atoms with van der Waals surface area (Å²) in [5.41, 5.74) is 0. The first-order chi connectivity index (χ1) is 10.4. The molecule has 1 aliphatic heterocycles. The van der Waals surface area contributed by atoms with Gasteiger partial charge in [-0.1, -0.05) is 71.1 Å². The summed E-state index contributed by atoms with van der Waals surface area (Å²) >= 11 is 0. The van der Waals surface area contributed by atoms with Gasteiger partial charge in [0.1, 0.15) is 0 Å². The maximum absolute atomic E-state index is 5.15. The highest BCUT2D eigenvalue weighted by Gasteiger charge is 2.24. The van der Waals surface area contributed by atoms with E-state index in [9.17, 15) is 0 Å². The molecule has 1 heterocycles. The first kappa shape index (κ1) is 17.0. The molecule has 122 valence electrons. The molecule has 0 radical (unpaired) electrons. The van der Waals surface area contributed by atoms with Crippen LogP contribution in [0.15, 0.2) is 4.99 Å². The van der Waals surface area contributed by atoms with Gasteiger partial charge < -0.3 is 0 Å². The van der Waals surface area contributed by atoms with Crippen LogP contribution in [0.25, 0.3) is 0 Å². The molecule has 0 saturated heterocycles. The minimum Gasteiger partial charge on any atom is -0.294 e. The largest absolute Gasteiger partial charge is 0.294 e. The van der Waals surface area contributed by atoms with E-state index in [0.29, 0.717) is 6.04 Å². The summed E-state index contributed by atoms with van der Waals surface area (Å²) in [4.78, 5) is 5.15. The zero-order valence-corrected chi connectivity index (χ0v) is 14.4. The molecule has 1 heteroatoms. The van der Waals surface area contributed by atoms with Gasteiger partial charge in [0.15, 0.2) is 0 Å². The van der Waals surface area contributed by atoms with Gasteiger partial charge in [0.2, 0.25) is 0 Å². The molecule has 2 aliphatic rings. The molecule has 0 aromatic rings. The molecule has 0 spiro atoms. The van der Waals surface area contributed by atoms with Crippen LogP contribution in [0.3, 0.4) is 0 Å². The van der Waals surface area contributed by atoms with Gasteiger partial charge >= 0.3 is 0 Å². The van der Waals surface area contributed by atoms with Crippen molar-refractivity contribution >= 4 is 6.21 Å².